The van der Waals surface area contributed by atoms with Crippen LogP contribution >= 0.6 is 0 Å². The van der Waals surface area contributed by atoms with Crippen molar-refractivity contribution in [3.63, 3.8) is 0 Å². The molecule has 4 nitrogen and oxygen atoms in total. The van der Waals surface area contributed by atoms with Crippen molar-refractivity contribution >= 4 is 11.7 Å². The molecule has 0 spiro atoms. The lowest BCUT2D eigenvalue weighted by Gasteiger charge is -2.05. The fourth-order valence-corrected chi connectivity index (χ4v) is 1.93. The topological polar surface area (TPSA) is 72.2 Å². The normalized spacial score (nSPS) is 10.2. The molecular weight excluding hydrogens is 252 g/mol. The van der Waals surface area contributed by atoms with Crippen LogP contribution in [0.4, 0.5) is 0 Å². The Morgan fingerprint density at radius 3 is 2.35 bits per heavy atom. The average Bonchev–Trinajstić information content (AvgIpc) is 2.49. The standard InChI is InChI=1S/C16H24N2O2/c17-12-6-1-2-7-13-18-16(20)11-10-15(19)14-8-4-3-5-9-14/h3-5,8-9H,1-2,6-7,10-13,17H2,(H,18,20). The second kappa shape index (κ2) is 10.1. The van der Waals surface area contributed by atoms with Gasteiger partial charge < -0.3 is 11.1 Å². The molecule has 0 atom stereocenters. The second-order valence-corrected chi connectivity index (χ2v) is 4.84. The van der Waals surface area contributed by atoms with Gasteiger partial charge in [0, 0.05) is 24.9 Å². The Balaban J connectivity index is 2.09. The van der Waals surface area contributed by atoms with Crippen LogP contribution in [0.3, 0.4) is 0 Å². The zero-order chi connectivity index (χ0) is 14.6. The number of unbranched alkanes of at least 4 members (excludes halogenated alkanes) is 3. The van der Waals surface area contributed by atoms with Crippen molar-refractivity contribution < 1.29 is 9.59 Å². The number of amides is 1. The van der Waals surface area contributed by atoms with Gasteiger partial charge in [-0.3, -0.25) is 9.59 Å². The molecule has 0 heterocycles. The van der Waals surface area contributed by atoms with E-state index in [1.54, 1.807) is 12.1 Å². The molecule has 1 aromatic carbocycles. The first kappa shape index (κ1) is 16.4. The van der Waals surface area contributed by atoms with Gasteiger partial charge in [-0.25, -0.2) is 0 Å². The first-order valence-corrected chi connectivity index (χ1v) is 7.29. The van der Waals surface area contributed by atoms with Crippen LogP contribution in [0.5, 0.6) is 0 Å². The van der Waals surface area contributed by atoms with Crippen LogP contribution in [0.15, 0.2) is 30.3 Å². The minimum Gasteiger partial charge on any atom is -0.356 e. The highest BCUT2D eigenvalue weighted by Crippen LogP contribution is 2.05. The van der Waals surface area contributed by atoms with Gasteiger partial charge in [0.1, 0.15) is 0 Å². The van der Waals surface area contributed by atoms with Crippen molar-refractivity contribution in [2.75, 3.05) is 13.1 Å². The molecule has 1 aromatic rings. The number of hydrogen-bond donors (Lipinski definition) is 2. The van der Waals surface area contributed by atoms with Gasteiger partial charge in [0.25, 0.3) is 0 Å². The first-order valence-electron chi connectivity index (χ1n) is 7.29. The third-order valence-electron chi connectivity index (χ3n) is 3.13. The molecule has 1 amide bonds. The van der Waals surface area contributed by atoms with Gasteiger partial charge in [0.05, 0.1) is 0 Å². The van der Waals surface area contributed by atoms with E-state index in [9.17, 15) is 9.59 Å². The minimum atomic E-state index is -0.0481. The molecule has 0 aliphatic carbocycles. The number of nitrogens with two attached hydrogens (primary N) is 1. The molecule has 0 bridgehead atoms. The van der Waals surface area contributed by atoms with E-state index in [1.165, 1.54) is 0 Å². The number of carbonyl (C=O) groups is 2. The number of carbonyl (C=O) groups excluding carboxylic acids is 2. The number of hydrogen-bond acceptors (Lipinski definition) is 3. The van der Waals surface area contributed by atoms with Crippen molar-refractivity contribution in [3.8, 4) is 0 Å². The van der Waals surface area contributed by atoms with Crippen molar-refractivity contribution in [3.05, 3.63) is 35.9 Å². The zero-order valence-electron chi connectivity index (χ0n) is 11.9. The Kier molecular flexibility index (Phi) is 8.31. The van der Waals surface area contributed by atoms with Crippen molar-refractivity contribution in [2.45, 2.75) is 38.5 Å². The lowest BCUT2D eigenvalue weighted by atomic mass is 10.1. The van der Waals surface area contributed by atoms with Gasteiger partial charge in [-0.1, -0.05) is 43.2 Å². The van der Waals surface area contributed by atoms with Gasteiger partial charge in [-0.2, -0.15) is 0 Å². The van der Waals surface area contributed by atoms with Gasteiger partial charge in [-0.15, -0.1) is 0 Å². The summed E-state index contributed by atoms with van der Waals surface area (Å²) in [6, 6.07) is 9.08. The maximum atomic E-state index is 11.8. The predicted molar refractivity (Wildman–Crippen MR) is 80.5 cm³/mol. The summed E-state index contributed by atoms with van der Waals surface area (Å²) in [5, 5.41) is 2.84. The van der Waals surface area contributed by atoms with Crippen molar-refractivity contribution in [1.82, 2.24) is 5.32 Å². The summed E-state index contributed by atoms with van der Waals surface area (Å²) in [5.41, 5.74) is 6.07. The van der Waals surface area contributed by atoms with Crippen molar-refractivity contribution in [1.29, 1.82) is 0 Å². The number of Topliss-reactive ketones (excluding diaryl/α,β-unsaturated/α-hetero) is 1. The first-order chi connectivity index (χ1) is 9.74. The minimum absolute atomic E-state index is 0.0173. The highest BCUT2D eigenvalue weighted by molar-refractivity contribution is 5.97. The Morgan fingerprint density at radius 1 is 0.950 bits per heavy atom. The van der Waals surface area contributed by atoms with Crippen LogP contribution in [0, 0.1) is 0 Å². The molecule has 1 rings (SSSR count). The second-order valence-electron chi connectivity index (χ2n) is 4.84. The van der Waals surface area contributed by atoms with E-state index in [2.05, 4.69) is 5.32 Å². The van der Waals surface area contributed by atoms with Crippen LogP contribution in [0.2, 0.25) is 0 Å². The maximum Gasteiger partial charge on any atom is 0.220 e. The van der Waals surface area contributed by atoms with Gasteiger partial charge in [0.15, 0.2) is 5.78 Å². The zero-order valence-corrected chi connectivity index (χ0v) is 11.9. The molecule has 0 unspecified atom stereocenters. The number of rotatable bonds is 10. The monoisotopic (exact) mass is 276 g/mol. The quantitative estimate of drug-likeness (QED) is 0.508. The summed E-state index contributed by atoms with van der Waals surface area (Å²) in [6.07, 6.45) is 4.73. The Hall–Kier alpha value is -1.68. The number of nitrogens with one attached hydrogen (secondary N) is 1. The van der Waals surface area contributed by atoms with Crippen molar-refractivity contribution in [2.24, 2.45) is 5.73 Å². The van der Waals surface area contributed by atoms with Gasteiger partial charge in [-0.05, 0) is 19.4 Å². The molecule has 0 fully saturated rings. The predicted octanol–water partition coefficient (Wildman–Crippen LogP) is 2.28. The fourth-order valence-electron chi connectivity index (χ4n) is 1.93. The summed E-state index contributed by atoms with van der Waals surface area (Å²) in [5.74, 6) is -0.0307. The lowest BCUT2D eigenvalue weighted by molar-refractivity contribution is -0.121. The van der Waals surface area contributed by atoms with Gasteiger partial charge in [0.2, 0.25) is 5.91 Å². The SMILES string of the molecule is NCCCCCCNC(=O)CCC(=O)c1ccccc1. The summed E-state index contributed by atoms with van der Waals surface area (Å²) >= 11 is 0. The molecule has 0 aliphatic rings. The summed E-state index contributed by atoms with van der Waals surface area (Å²) in [4.78, 5) is 23.4. The number of ketones is 1. The van der Waals surface area contributed by atoms with E-state index in [1.807, 2.05) is 18.2 Å². The average molecular weight is 276 g/mol. The maximum absolute atomic E-state index is 11.8. The molecule has 4 heteroatoms. The van der Waals surface area contributed by atoms with E-state index in [0.717, 1.165) is 32.2 Å². The number of benzene rings is 1. The van der Waals surface area contributed by atoms with Crippen LogP contribution in [-0.4, -0.2) is 24.8 Å². The Morgan fingerprint density at radius 2 is 1.65 bits per heavy atom. The molecule has 3 N–H and O–H groups in total. The van der Waals surface area contributed by atoms with E-state index in [-0.39, 0.29) is 24.5 Å². The highest BCUT2D eigenvalue weighted by Gasteiger charge is 2.08. The Bertz CT molecular complexity index is 404. The van der Waals surface area contributed by atoms with Crippen LogP contribution in [0.25, 0.3) is 0 Å². The molecule has 110 valence electrons. The van der Waals surface area contributed by atoms with Crippen LogP contribution in [-0.2, 0) is 4.79 Å². The molecule has 0 saturated carbocycles. The Labute approximate surface area is 120 Å². The molecular formula is C16H24N2O2. The fraction of sp³-hybridized carbons (Fsp3) is 0.500. The van der Waals surface area contributed by atoms with Gasteiger partial charge >= 0.3 is 0 Å². The van der Waals surface area contributed by atoms with Crippen LogP contribution < -0.4 is 11.1 Å². The molecule has 0 saturated heterocycles. The van der Waals surface area contributed by atoms with E-state index in [4.69, 9.17) is 5.73 Å². The lowest BCUT2D eigenvalue weighted by Crippen LogP contribution is -2.24. The molecule has 0 radical (unpaired) electrons. The molecule has 0 aliphatic heterocycles. The smallest absolute Gasteiger partial charge is 0.220 e. The molecule has 20 heavy (non-hydrogen) atoms. The molecule has 0 aromatic heterocycles. The third-order valence-corrected chi connectivity index (χ3v) is 3.13. The van der Waals surface area contributed by atoms with Crippen LogP contribution in [0.1, 0.15) is 48.9 Å². The van der Waals surface area contributed by atoms with E-state index < -0.39 is 0 Å². The van der Waals surface area contributed by atoms with E-state index >= 15 is 0 Å². The third kappa shape index (κ3) is 7.04. The highest BCUT2D eigenvalue weighted by atomic mass is 16.2. The summed E-state index contributed by atoms with van der Waals surface area (Å²) in [6.45, 7) is 1.41. The van der Waals surface area contributed by atoms with E-state index in [0.29, 0.717) is 12.1 Å². The largest absolute Gasteiger partial charge is 0.356 e. The summed E-state index contributed by atoms with van der Waals surface area (Å²) < 4.78 is 0. The summed E-state index contributed by atoms with van der Waals surface area (Å²) in [7, 11) is 0.